The third-order valence-electron chi connectivity index (χ3n) is 3.71. The predicted octanol–water partition coefficient (Wildman–Crippen LogP) is 1.16. The quantitative estimate of drug-likeness (QED) is 0.511. The van der Waals surface area contributed by atoms with Gasteiger partial charge in [-0.15, -0.1) is 0 Å². The Labute approximate surface area is 122 Å². The lowest BCUT2D eigenvalue weighted by Gasteiger charge is -2.10. The average Bonchev–Trinajstić information content (AvgIpc) is 3.18. The van der Waals surface area contributed by atoms with E-state index in [0.717, 1.165) is 12.0 Å². The Bertz CT molecular complexity index is 583. The summed E-state index contributed by atoms with van der Waals surface area (Å²) in [5.74, 6) is -2.95. The minimum atomic E-state index is -1.92. The Balaban J connectivity index is 2.44. The van der Waals surface area contributed by atoms with E-state index in [1.807, 2.05) is 0 Å². The number of aliphatic carboxylic acids is 1. The van der Waals surface area contributed by atoms with Gasteiger partial charge in [0.25, 0.3) is 11.4 Å². The predicted molar refractivity (Wildman–Crippen MR) is 73.6 cm³/mol. The topological polar surface area (TPSA) is 83.7 Å². The van der Waals surface area contributed by atoms with Crippen LogP contribution in [0.5, 0.6) is 0 Å². The molecule has 1 aromatic carbocycles. The molecule has 1 fully saturated rings. The zero-order valence-corrected chi connectivity index (χ0v) is 12.1. The molecule has 0 saturated carbocycles. The first-order valence-electron chi connectivity index (χ1n) is 6.59. The first-order chi connectivity index (χ1) is 9.88. The van der Waals surface area contributed by atoms with Crippen molar-refractivity contribution in [3.8, 4) is 0 Å². The zero-order chi connectivity index (χ0) is 15.8. The van der Waals surface area contributed by atoms with Crippen LogP contribution >= 0.6 is 0 Å². The third-order valence-corrected chi connectivity index (χ3v) is 3.71. The number of carbonyl (C=O) groups excluding carboxylic acids is 2. The second-order valence-corrected chi connectivity index (χ2v) is 5.29. The standard InChI is InChI=1S/C15H17NO5/c1-9(2)11-15(13(18)19,14(20)21-3)16(11)12(17)10-7-5-4-6-8-10/h4-9,11H,1-3H3,(H,18,19)/t11-,15+,16?/m1/s1. The average molecular weight is 291 g/mol. The molecule has 1 aliphatic rings. The molecule has 2 rings (SSSR count). The number of rotatable bonds is 4. The van der Waals surface area contributed by atoms with Crippen molar-refractivity contribution in [3.63, 3.8) is 0 Å². The fraction of sp³-hybridized carbons (Fsp3) is 0.400. The molecule has 112 valence electrons. The van der Waals surface area contributed by atoms with Crippen molar-refractivity contribution in [2.75, 3.05) is 7.11 Å². The molecule has 1 N–H and O–H groups in total. The van der Waals surface area contributed by atoms with Gasteiger partial charge in [-0.3, -0.25) is 4.79 Å². The molecule has 1 amide bonds. The summed E-state index contributed by atoms with van der Waals surface area (Å²) in [6.07, 6.45) is 0. The lowest BCUT2D eigenvalue weighted by Crippen LogP contribution is -2.42. The molecule has 1 saturated heterocycles. The van der Waals surface area contributed by atoms with E-state index in [4.69, 9.17) is 0 Å². The summed E-state index contributed by atoms with van der Waals surface area (Å²) in [6, 6.07) is 7.58. The lowest BCUT2D eigenvalue weighted by molar-refractivity contribution is -0.156. The van der Waals surface area contributed by atoms with Crippen molar-refractivity contribution >= 4 is 17.8 Å². The van der Waals surface area contributed by atoms with Gasteiger partial charge in [-0.25, -0.2) is 9.59 Å². The number of carbonyl (C=O) groups is 3. The molecule has 1 heterocycles. The SMILES string of the molecule is COC(=O)[C@@]1(C(=O)O)[C@@H](C(C)C)N1C(=O)c1ccccc1. The highest BCUT2D eigenvalue weighted by Gasteiger charge is 2.77. The summed E-state index contributed by atoms with van der Waals surface area (Å²) in [5.41, 5.74) is -1.58. The van der Waals surface area contributed by atoms with Gasteiger partial charge < -0.3 is 14.7 Å². The Morgan fingerprint density at radius 2 is 1.81 bits per heavy atom. The van der Waals surface area contributed by atoms with E-state index >= 15 is 0 Å². The van der Waals surface area contributed by atoms with E-state index in [1.165, 1.54) is 0 Å². The van der Waals surface area contributed by atoms with E-state index < -0.39 is 29.4 Å². The number of amides is 1. The van der Waals surface area contributed by atoms with Crippen LogP contribution in [0.25, 0.3) is 0 Å². The third kappa shape index (κ3) is 2.07. The molecule has 0 bridgehead atoms. The van der Waals surface area contributed by atoms with Crippen LogP contribution in [-0.4, -0.2) is 46.5 Å². The highest BCUT2D eigenvalue weighted by atomic mass is 16.5. The Kier molecular flexibility index (Phi) is 3.72. The van der Waals surface area contributed by atoms with Gasteiger partial charge in [0.05, 0.1) is 13.2 Å². The molecule has 0 aliphatic carbocycles. The number of hydrogen-bond donors (Lipinski definition) is 1. The van der Waals surface area contributed by atoms with Crippen molar-refractivity contribution in [2.45, 2.75) is 25.4 Å². The Hall–Kier alpha value is -2.37. The fourth-order valence-corrected chi connectivity index (χ4v) is 2.79. The summed E-state index contributed by atoms with van der Waals surface area (Å²) < 4.78 is 4.62. The molecule has 0 radical (unpaired) electrons. The minimum absolute atomic E-state index is 0.187. The highest BCUT2D eigenvalue weighted by Crippen LogP contribution is 2.47. The van der Waals surface area contributed by atoms with Crippen LogP contribution in [0.15, 0.2) is 30.3 Å². The fourth-order valence-electron chi connectivity index (χ4n) is 2.79. The molecule has 21 heavy (non-hydrogen) atoms. The molecule has 1 aliphatic heterocycles. The number of carboxylic acids is 1. The van der Waals surface area contributed by atoms with Crippen LogP contribution < -0.4 is 0 Å². The van der Waals surface area contributed by atoms with Crippen molar-refractivity contribution in [3.05, 3.63) is 35.9 Å². The van der Waals surface area contributed by atoms with Crippen LogP contribution in [0.4, 0.5) is 0 Å². The molecule has 1 aromatic rings. The van der Waals surface area contributed by atoms with Crippen LogP contribution in [0.2, 0.25) is 0 Å². The number of carboxylic acid groups (broad SMARTS) is 1. The molecule has 0 spiro atoms. The number of esters is 1. The summed E-state index contributed by atoms with van der Waals surface area (Å²) >= 11 is 0. The number of nitrogens with zero attached hydrogens (tertiary/aromatic N) is 1. The van der Waals surface area contributed by atoms with E-state index in [9.17, 15) is 19.5 Å². The highest BCUT2D eigenvalue weighted by molar-refractivity contribution is 6.15. The molecular formula is C15H17NO5. The maximum atomic E-state index is 12.5. The van der Waals surface area contributed by atoms with Crippen LogP contribution in [0, 0.1) is 5.92 Å². The van der Waals surface area contributed by atoms with E-state index in [-0.39, 0.29) is 5.92 Å². The van der Waals surface area contributed by atoms with E-state index in [1.54, 1.807) is 44.2 Å². The maximum absolute atomic E-state index is 12.5. The Morgan fingerprint density at radius 3 is 2.24 bits per heavy atom. The van der Waals surface area contributed by atoms with Gasteiger partial charge in [-0.2, -0.15) is 0 Å². The van der Waals surface area contributed by atoms with Crippen molar-refractivity contribution in [1.82, 2.24) is 4.90 Å². The van der Waals surface area contributed by atoms with Crippen LogP contribution in [0.3, 0.4) is 0 Å². The van der Waals surface area contributed by atoms with E-state index in [0.29, 0.717) is 5.56 Å². The zero-order valence-electron chi connectivity index (χ0n) is 12.1. The normalized spacial score (nSPS) is 23.8. The molecule has 6 heteroatoms. The second kappa shape index (κ2) is 5.20. The first kappa shape index (κ1) is 15.0. The first-order valence-corrected chi connectivity index (χ1v) is 6.59. The molecular weight excluding hydrogens is 274 g/mol. The smallest absolute Gasteiger partial charge is 0.345 e. The van der Waals surface area contributed by atoms with Crippen molar-refractivity contribution in [1.29, 1.82) is 0 Å². The number of ether oxygens (including phenoxy) is 1. The Morgan fingerprint density at radius 1 is 1.24 bits per heavy atom. The van der Waals surface area contributed by atoms with Gasteiger partial charge in [0.2, 0.25) is 0 Å². The molecule has 0 unspecified atom stereocenters. The largest absolute Gasteiger partial charge is 0.479 e. The number of methoxy groups -OCH3 is 1. The van der Waals surface area contributed by atoms with Crippen LogP contribution in [0.1, 0.15) is 24.2 Å². The van der Waals surface area contributed by atoms with Gasteiger partial charge in [-0.05, 0) is 18.1 Å². The van der Waals surface area contributed by atoms with Crippen LogP contribution in [-0.2, 0) is 14.3 Å². The monoisotopic (exact) mass is 291 g/mol. The maximum Gasteiger partial charge on any atom is 0.345 e. The molecule has 2 atom stereocenters. The van der Waals surface area contributed by atoms with Crippen molar-refractivity contribution < 1.29 is 24.2 Å². The molecule has 0 aromatic heterocycles. The summed E-state index contributed by atoms with van der Waals surface area (Å²) in [7, 11) is 1.12. The van der Waals surface area contributed by atoms with Gasteiger partial charge in [0.15, 0.2) is 0 Å². The van der Waals surface area contributed by atoms with Gasteiger partial charge in [-0.1, -0.05) is 32.0 Å². The lowest BCUT2D eigenvalue weighted by atomic mass is 9.97. The summed E-state index contributed by atoms with van der Waals surface area (Å²) in [4.78, 5) is 37.3. The van der Waals surface area contributed by atoms with Gasteiger partial charge in [0.1, 0.15) is 0 Å². The second-order valence-electron chi connectivity index (χ2n) is 5.29. The number of benzene rings is 1. The van der Waals surface area contributed by atoms with Gasteiger partial charge in [0, 0.05) is 5.56 Å². The molecule has 6 nitrogen and oxygen atoms in total. The van der Waals surface area contributed by atoms with E-state index in [2.05, 4.69) is 4.74 Å². The minimum Gasteiger partial charge on any atom is -0.479 e. The summed E-state index contributed by atoms with van der Waals surface area (Å²) in [5, 5.41) is 9.50. The van der Waals surface area contributed by atoms with Gasteiger partial charge >= 0.3 is 11.9 Å². The number of hydrogen-bond acceptors (Lipinski definition) is 4. The summed E-state index contributed by atoms with van der Waals surface area (Å²) in [6.45, 7) is 3.53. The van der Waals surface area contributed by atoms with Crippen molar-refractivity contribution in [2.24, 2.45) is 5.92 Å².